The first-order valence-corrected chi connectivity index (χ1v) is 7.11. The van der Waals surface area contributed by atoms with E-state index in [0.29, 0.717) is 17.1 Å². The molecule has 3 N–H and O–H groups in total. The third-order valence-corrected chi connectivity index (χ3v) is 3.13. The predicted molar refractivity (Wildman–Crippen MR) is 89.0 cm³/mol. The molecule has 23 heavy (non-hydrogen) atoms. The van der Waals surface area contributed by atoms with Gasteiger partial charge in [0, 0.05) is 24.0 Å². The molecule has 0 saturated heterocycles. The molecule has 2 amide bonds. The molecule has 0 saturated carbocycles. The van der Waals surface area contributed by atoms with Crippen molar-refractivity contribution in [3.05, 3.63) is 53.8 Å². The third-order valence-electron chi connectivity index (χ3n) is 3.13. The van der Waals surface area contributed by atoms with Crippen LogP contribution in [0.4, 0.5) is 21.5 Å². The molecule has 0 atom stereocenters. The van der Waals surface area contributed by atoms with Crippen LogP contribution < -0.4 is 16.0 Å². The Morgan fingerprint density at radius 1 is 1.00 bits per heavy atom. The summed E-state index contributed by atoms with van der Waals surface area (Å²) in [5.74, 6) is -0.744. The second-order valence-electron chi connectivity index (χ2n) is 5.12. The van der Waals surface area contributed by atoms with Gasteiger partial charge in [-0.05, 0) is 48.9 Å². The van der Waals surface area contributed by atoms with E-state index in [1.807, 2.05) is 13.0 Å². The minimum absolute atomic E-state index is 0.0510. The van der Waals surface area contributed by atoms with Crippen LogP contribution in [0.3, 0.4) is 0 Å². The van der Waals surface area contributed by atoms with Gasteiger partial charge in [-0.1, -0.05) is 6.07 Å². The highest BCUT2D eigenvalue weighted by Crippen LogP contribution is 2.20. The minimum Gasteiger partial charge on any atom is -0.376 e. The van der Waals surface area contributed by atoms with Crippen molar-refractivity contribution in [3.8, 4) is 0 Å². The number of halogens is 1. The monoisotopic (exact) mass is 315 g/mol. The number of aryl methyl sites for hydroxylation is 1. The Hall–Kier alpha value is -2.89. The van der Waals surface area contributed by atoms with E-state index in [0.717, 1.165) is 5.56 Å². The number of anilines is 3. The number of carbonyl (C=O) groups is 2. The second-order valence-corrected chi connectivity index (χ2v) is 5.12. The normalized spacial score (nSPS) is 10.0. The van der Waals surface area contributed by atoms with Gasteiger partial charge >= 0.3 is 0 Å². The van der Waals surface area contributed by atoms with Crippen molar-refractivity contribution in [1.82, 2.24) is 0 Å². The molecule has 0 heterocycles. The highest BCUT2D eigenvalue weighted by atomic mass is 19.1. The maximum absolute atomic E-state index is 12.8. The molecule has 0 unspecified atom stereocenters. The highest BCUT2D eigenvalue weighted by Gasteiger charge is 2.06. The fourth-order valence-corrected chi connectivity index (χ4v) is 1.98. The summed E-state index contributed by atoms with van der Waals surface area (Å²) in [5.41, 5.74) is 2.78. The van der Waals surface area contributed by atoms with Crippen molar-refractivity contribution in [1.29, 1.82) is 0 Å². The van der Waals surface area contributed by atoms with Crippen LogP contribution in [0, 0.1) is 12.7 Å². The molecule has 0 aliphatic rings. The summed E-state index contributed by atoms with van der Waals surface area (Å²) in [7, 11) is 0. The topological polar surface area (TPSA) is 70.2 Å². The number of benzene rings is 2. The maximum atomic E-state index is 12.8. The van der Waals surface area contributed by atoms with Crippen molar-refractivity contribution in [2.45, 2.75) is 13.8 Å². The number of hydrogen-bond acceptors (Lipinski definition) is 3. The Kier molecular flexibility index (Phi) is 5.30. The SMILES string of the molecule is CC(=O)Nc1ccc(C)c(NC(=O)CNc2ccc(F)cc2)c1. The van der Waals surface area contributed by atoms with Gasteiger partial charge in [0.15, 0.2) is 0 Å². The number of amides is 2. The fraction of sp³-hybridized carbons (Fsp3) is 0.176. The fourth-order valence-electron chi connectivity index (χ4n) is 1.98. The van der Waals surface area contributed by atoms with Crippen molar-refractivity contribution >= 4 is 28.9 Å². The lowest BCUT2D eigenvalue weighted by Gasteiger charge is -2.12. The van der Waals surface area contributed by atoms with E-state index in [2.05, 4.69) is 16.0 Å². The van der Waals surface area contributed by atoms with E-state index < -0.39 is 0 Å². The first-order chi connectivity index (χ1) is 10.9. The van der Waals surface area contributed by atoms with Crippen LogP contribution in [0.5, 0.6) is 0 Å². The van der Waals surface area contributed by atoms with Crippen LogP contribution in [0.15, 0.2) is 42.5 Å². The van der Waals surface area contributed by atoms with Crippen molar-refractivity contribution in [3.63, 3.8) is 0 Å². The highest BCUT2D eigenvalue weighted by molar-refractivity contribution is 5.96. The van der Waals surface area contributed by atoms with Crippen molar-refractivity contribution in [2.24, 2.45) is 0 Å². The smallest absolute Gasteiger partial charge is 0.243 e. The minimum atomic E-state index is -0.328. The average molecular weight is 315 g/mol. The summed E-state index contributed by atoms with van der Waals surface area (Å²) in [6.07, 6.45) is 0. The number of carbonyl (C=O) groups excluding carboxylic acids is 2. The first kappa shape index (κ1) is 16.5. The third kappa shape index (κ3) is 5.10. The Bertz CT molecular complexity index is 714. The van der Waals surface area contributed by atoms with Gasteiger partial charge in [0.25, 0.3) is 0 Å². The Morgan fingerprint density at radius 3 is 2.30 bits per heavy atom. The van der Waals surface area contributed by atoms with E-state index in [4.69, 9.17) is 0 Å². The van der Waals surface area contributed by atoms with E-state index in [9.17, 15) is 14.0 Å². The molecule has 5 nitrogen and oxygen atoms in total. The number of nitrogens with one attached hydrogen (secondary N) is 3. The summed E-state index contributed by atoms with van der Waals surface area (Å²) in [6, 6.07) is 11.0. The molecule has 0 aliphatic carbocycles. The van der Waals surface area contributed by atoms with Gasteiger partial charge in [0.1, 0.15) is 5.82 Å². The van der Waals surface area contributed by atoms with Crippen molar-refractivity contribution < 1.29 is 14.0 Å². The lowest BCUT2D eigenvalue weighted by Crippen LogP contribution is -2.22. The van der Waals surface area contributed by atoms with Gasteiger partial charge in [-0.15, -0.1) is 0 Å². The van der Waals surface area contributed by atoms with E-state index in [1.54, 1.807) is 24.3 Å². The zero-order valence-corrected chi connectivity index (χ0v) is 12.9. The van der Waals surface area contributed by atoms with Crippen LogP contribution in [0.2, 0.25) is 0 Å². The summed E-state index contributed by atoms with van der Waals surface area (Å²) >= 11 is 0. The summed E-state index contributed by atoms with van der Waals surface area (Å²) in [5, 5.41) is 8.36. The van der Waals surface area contributed by atoms with Crippen LogP contribution in [0.25, 0.3) is 0 Å². The standard InChI is InChI=1S/C17H18FN3O2/c1-11-3-6-15(20-12(2)22)9-16(11)21-17(23)10-19-14-7-4-13(18)5-8-14/h3-9,19H,10H2,1-2H3,(H,20,22)(H,21,23). The maximum Gasteiger partial charge on any atom is 0.243 e. The largest absolute Gasteiger partial charge is 0.376 e. The van der Waals surface area contributed by atoms with Crippen LogP contribution in [-0.4, -0.2) is 18.4 Å². The lowest BCUT2D eigenvalue weighted by atomic mass is 10.1. The quantitative estimate of drug-likeness (QED) is 0.794. The van der Waals surface area contributed by atoms with E-state index >= 15 is 0 Å². The van der Waals surface area contributed by atoms with Crippen molar-refractivity contribution in [2.75, 3.05) is 22.5 Å². The van der Waals surface area contributed by atoms with Crippen LogP contribution in [0.1, 0.15) is 12.5 Å². The molecule has 0 bridgehead atoms. The van der Waals surface area contributed by atoms with Crippen LogP contribution >= 0.6 is 0 Å². The molecule has 2 aromatic carbocycles. The molecule has 120 valence electrons. The molecule has 0 fully saturated rings. The molecule has 0 radical (unpaired) electrons. The van der Waals surface area contributed by atoms with Crippen LogP contribution in [-0.2, 0) is 9.59 Å². The summed E-state index contributed by atoms with van der Waals surface area (Å²) < 4.78 is 12.8. The Balaban J connectivity index is 1.96. The van der Waals surface area contributed by atoms with Gasteiger partial charge in [-0.2, -0.15) is 0 Å². The van der Waals surface area contributed by atoms with E-state index in [1.165, 1.54) is 19.1 Å². The van der Waals surface area contributed by atoms with Gasteiger partial charge in [-0.25, -0.2) is 4.39 Å². The average Bonchev–Trinajstić information content (AvgIpc) is 2.49. The van der Waals surface area contributed by atoms with Gasteiger partial charge in [0.05, 0.1) is 6.54 Å². The zero-order valence-electron chi connectivity index (χ0n) is 12.9. The molecule has 0 aliphatic heterocycles. The van der Waals surface area contributed by atoms with Gasteiger partial charge in [-0.3, -0.25) is 9.59 Å². The van der Waals surface area contributed by atoms with Gasteiger partial charge < -0.3 is 16.0 Å². The zero-order chi connectivity index (χ0) is 16.8. The second kappa shape index (κ2) is 7.40. The lowest BCUT2D eigenvalue weighted by molar-refractivity contribution is -0.115. The molecule has 2 rings (SSSR count). The number of hydrogen-bond donors (Lipinski definition) is 3. The Morgan fingerprint density at radius 2 is 1.65 bits per heavy atom. The summed E-state index contributed by atoms with van der Waals surface area (Å²) in [6.45, 7) is 3.33. The predicted octanol–water partition coefficient (Wildman–Crippen LogP) is 3.14. The first-order valence-electron chi connectivity index (χ1n) is 7.11. The number of rotatable bonds is 5. The molecular weight excluding hydrogens is 297 g/mol. The molecule has 6 heteroatoms. The molecule has 0 aromatic heterocycles. The summed E-state index contributed by atoms with van der Waals surface area (Å²) in [4.78, 5) is 23.1. The Labute approximate surface area is 133 Å². The van der Waals surface area contributed by atoms with E-state index in [-0.39, 0.29) is 24.2 Å². The molecule has 2 aromatic rings. The molecule has 0 spiro atoms. The van der Waals surface area contributed by atoms with Gasteiger partial charge in [0.2, 0.25) is 11.8 Å². The molecular formula is C17H18FN3O2.